The molecular weight excluding hydrogens is 437 g/mol. The molecule has 25 heavy (non-hydrogen) atoms. The van der Waals surface area contributed by atoms with E-state index >= 15 is 0 Å². The van der Waals surface area contributed by atoms with Crippen molar-refractivity contribution < 1.29 is 9.90 Å². The molecule has 1 aliphatic rings. The Morgan fingerprint density at radius 2 is 1.76 bits per heavy atom. The molecule has 2 N–H and O–H groups in total. The van der Waals surface area contributed by atoms with Crippen molar-refractivity contribution in [1.82, 2.24) is 14.5 Å². The van der Waals surface area contributed by atoms with Crippen LogP contribution in [0, 0.1) is 3.57 Å². The number of aromatic nitrogens is 2. The maximum Gasteiger partial charge on any atom is 0.352 e. The number of rotatable bonds is 4. The fourth-order valence-electron chi connectivity index (χ4n) is 3.07. The smallest absolute Gasteiger partial charge is 0.352 e. The van der Waals surface area contributed by atoms with E-state index in [-0.39, 0.29) is 17.8 Å². The van der Waals surface area contributed by atoms with E-state index in [1.54, 1.807) is 24.3 Å². The van der Waals surface area contributed by atoms with Gasteiger partial charge in [0.05, 0.1) is 11.3 Å². The van der Waals surface area contributed by atoms with E-state index in [9.17, 15) is 19.5 Å². The summed E-state index contributed by atoms with van der Waals surface area (Å²) in [5.41, 5.74) is -1.10. The number of hydrogen-bond acceptors (Lipinski definition) is 4. The van der Waals surface area contributed by atoms with E-state index in [1.165, 1.54) is 0 Å². The highest BCUT2D eigenvalue weighted by molar-refractivity contribution is 14.1. The van der Waals surface area contributed by atoms with Gasteiger partial charge in [0.25, 0.3) is 5.56 Å². The topological polar surface area (TPSA) is 95.4 Å². The number of halogens is 1. The molecule has 0 saturated carbocycles. The Kier molecular flexibility index (Phi) is 5.38. The van der Waals surface area contributed by atoms with Crippen molar-refractivity contribution in [3.63, 3.8) is 0 Å². The summed E-state index contributed by atoms with van der Waals surface area (Å²) >= 11 is 2.13. The van der Waals surface area contributed by atoms with Crippen LogP contribution in [-0.4, -0.2) is 38.6 Å². The molecule has 8 heteroatoms. The van der Waals surface area contributed by atoms with Crippen molar-refractivity contribution in [3.8, 4) is 5.69 Å². The molecule has 0 bridgehead atoms. The van der Waals surface area contributed by atoms with Gasteiger partial charge in [0.15, 0.2) is 0 Å². The summed E-state index contributed by atoms with van der Waals surface area (Å²) in [6.07, 6.45) is 3.19. The molecular formula is C17H18IN3O4. The minimum atomic E-state index is -1.30. The van der Waals surface area contributed by atoms with E-state index in [2.05, 4.69) is 32.5 Å². The fourth-order valence-corrected chi connectivity index (χ4v) is 3.43. The number of nitrogens with zero attached hydrogens (tertiary/aromatic N) is 2. The molecule has 0 unspecified atom stereocenters. The number of hydrogen-bond donors (Lipinski definition) is 2. The first-order chi connectivity index (χ1) is 12.0. The number of piperidine rings is 1. The van der Waals surface area contributed by atoms with Crippen LogP contribution in [0.2, 0.25) is 0 Å². The average molecular weight is 455 g/mol. The van der Waals surface area contributed by atoms with Crippen molar-refractivity contribution >= 4 is 28.6 Å². The second-order valence-corrected chi connectivity index (χ2v) is 7.29. The highest BCUT2D eigenvalue weighted by Gasteiger charge is 2.22. The van der Waals surface area contributed by atoms with Crippen molar-refractivity contribution in [3.05, 3.63) is 59.9 Å². The Morgan fingerprint density at radius 1 is 1.12 bits per heavy atom. The first-order valence-corrected chi connectivity index (χ1v) is 9.15. The van der Waals surface area contributed by atoms with Gasteiger partial charge in [0.2, 0.25) is 0 Å². The monoisotopic (exact) mass is 455 g/mol. The van der Waals surface area contributed by atoms with Gasteiger partial charge in [0, 0.05) is 10.1 Å². The van der Waals surface area contributed by atoms with Gasteiger partial charge in [-0.1, -0.05) is 6.42 Å². The molecule has 0 atom stereocenters. The number of aromatic carboxylic acids is 1. The summed E-state index contributed by atoms with van der Waals surface area (Å²) in [5.74, 6) is -1.30. The minimum absolute atomic E-state index is 0.118. The molecule has 1 aromatic heterocycles. The van der Waals surface area contributed by atoms with Crippen molar-refractivity contribution in [2.75, 3.05) is 13.1 Å². The molecule has 0 spiro atoms. The number of aromatic amines is 1. The van der Waals surface area contributed by atoms with Crippen molar-refractivity contribution in [2.24, 2.45) is 0 Å². The lowest BCUT2D eigenvalue weighted by Gasteiger charge is -2.26. The third kappa shape index (κ3) is 3.84. The van der Waals surface area contributed by atoms with E-state index < -0.39 is 17.2 Å². The number of H-pyrrole nitrogens is 1. The molecule has 3 rings (SSSR count). The van der Waals surface area contributed by atoms with E-state index in [1.807, 2.05) is 0 Å². The van der Waals surface area contributed by atoms with Crippen LogP contribution in [0.4, 0.5) is 0 Å². The summed E-state index contributed by atoms with van der Waals surface area (Å²) in [6, 6.07) is 6.92. The van der Waals surface area contributed by atoms with Gasteiger partial charge in [-0.25, -0.2) is 14.2 Å². The molecule has 2 aromatic rings. The maximum atomic E-state index is 12.9. The van der Waals surface area contributed by atoms with Crippen LogP contribution in [0.25, 0.3) is 5.69 Å². The number of benzene rings is 1. The Hall–Kier alpha value is -1.94. The predicted molar refractivity (Wildman–Crippen MR) is 101 cm³/mol. The summed E-state index contributed by atoms with van der Waals surface area (Å²) in [4.78, 5) is 41.2. The summed E-state index contributed by atoms with van der Waals surface area (Å²) in [6.45, 7) is 1.87. The van der Waals surface area contributed by atoms with Crippen LogP contribution in [0.1, 0.15) is 35.3 Å². The number of carboxylic acids is 1. The second kappa shape index (κ2) is 7.52. The van der Waals surface area contributed by atoms with E-state index in [4.69, 9.17) is 0 Å². The quantitative estimate of drug-likeness (QED) is 0.686. The summed E-state index contributed by atoms with van der Waals surface area (Å²) in [7, 11) is 0. The Bertz CT molecular complexity index is 896. The summed E-state index contributed by atoms with van der Waals surface area (Å²) < 4.78 is 1.98. The van der Waals surface area contributed by atoms with Crippen LogP contribution in [0.15, 0.2) is 33.9 Å². The zero-order valence-electron chi connectivity index (χ0n) is 13.5. The highest BCUT2D eigenvalue weighted by atomic mass is 127. The SMILES string of the molecule is O=C(O)c1[nH]c(=O)n(-c2ccc(I)cc2)c(=O)c1CN1CCCCC1. The lowest BCUT2D eigenvalue weighted by Crippen LogP contribution is -2.41. The number of nitrogens with one attached hydrogen (secondary N) is 1. The standard InChI is InChI=1S/C17H18IN3O4/c18-11-4-6-12(7-5-11)21-15(22)13(10-20-8-2-1-3-9-20)14(16(23)24)19-17(21)25/h4-7H,1-3,8-10H2,(H,19,25)(H,23,24). The third-order valence-corrected chi connectivity index (χ3v) is 5.05. The maximum absolute atomic E-state index is 12.9. The Morgan fingerprint density at radius 3 is 2.36 bits per heavy atom. The molecule has 2 heterocycles. The molecule has 7 nitrogen and oxygen atoms in total. The lowest BCUT2D eigenvalue weighted by atomic mass is 10.1. The van der Waals surface area contributed by atoms with Gasteiger partial charge in [-0.2, -0.15) is 0 Å². The van der Waals surface area contributed by atoms with Gasteiger partial charge < -0.3 is 10.1 Å². The zero-order chi connectivity index (χ0) is 18.0. The number of likely N-dealkylation sites (tertiary alicyclic amines) is 1. The van der Waals surface area contributed by atoms with Gasteiger partial charge in [-0.05, 0) is 72.8 Å². The Balaban J connectivity index is 2.12. The largest absolute Gasteiger partial charge is 0.477 e. The summed E-state index contributed by atoms with van der Waals surface area (Å²) in [5, 5.41) is 9.40. The van der Waals surface area contributed by atoms with Gasteiger partial charge in [-0.15, -0.1) is 0 Å². The van der Waals surface area contributed by atoms with Crippen LogP contribution in [0.5, 0.6) is 0 Å². The molecule has 1 aromatic carbocycles. The molecule has 0 aliphatic carbocycles. The lowest BCUT2D eigenvalue weighted by molar-refractivity contribution is 0.0686. The van der Waals surface area contributed by atoms with E-state index in [0.717, 1.165) is 40.5 Å². The van der Waals surface area contributed by atoms with Crippen LogP contribution in [0.3, 0.4) is 0 Å². The van der Waals surface area contributed by atoms with Gasteiger partial charge in [-0.3, -0.25) is 9.69 Å². The molecule has 1 aliphatic heterocycles. The van der Waals surface area contributed by atoms with Gasteiger partial charge >= 0.3 is 11.7 Å². The number of carboxylic acid groups (broad SMARTS) is 1. The first-order valence-electron chi connectivity index (χ1n) is 8.07. The van der Waals surface area contributed by atoms with Crippen molar-refractivity contribution in [1.29, 1.82) is 0 Å². The van der Waals surface area contributed by atoms with Crippen LogP contribution < -0.4 is 11.2 Å². The average Bonchev–Trinajstić information content (AvgIpc) is 2.59. The van der Waals surface area contributed by atoms with Crippen LogP contribution >= 0.6 is 22.6 Å². The van der Waals surface area contributed by atoms with Crippen molar-refractivity contribution in [2.45, 2.75) is 25.8 Å². The third-order valence-electron chi connectivity index (χ3n) is 4.33. The predicted octanol–water partition coefficient (Wildman–Crippen LogP) is 1.81. The minimum Gasteiger partial charge on any atom is -0.477 e. The molecule has 1 fully saturated rings. The Labute approximate surface area is 157 Å². The molecule has 0 radical (unpaired) electrons. The van der Waals surface area contributed by atoms with Gasteiger partial charge in [0.1, 0.15) is 5.69 Å². The zero-order valence-corrected chi connectivity index (χ0v) is 15.7. The molecule has 132 valence electrons. The molecule has 0 amide bonds. The normalized spacial score (nSPS) is 15.2. The molecule has 1 saturated heterocycles. The second-order valence-electron chi connectivity index (χ2n) is 6.04. The van der Waals surface area contributed by atoms with E-state index in [0.29, 0.717) is 5.69 Å². The fraction of sp³-hybridized carbons (Fsp3) is 0.353. The van der Waals surface area contributed by atoms with Crippen LogP contribution in [-0.2, 0) is 6.54 Å². The highest BCUT2D eigenvalue weighted by Crippen LogP contribution is 2.14. The number of carbonyl (C=O) groups is 1. The first kappa shape index (κ1) is 17.9.